The number of benzene rings is 1. The number of carbonyl (C=O) groups excluding carboxylic acids is 1. The van der Waals surface area contributed by atoms with Crippen molar-refractivity contribution in [2.24, 2.45) is 5.18 Å². The molecule has 0 spiro atoms. The first-order chi connectivity index (χ1) is 6.15. The third-order valence-electron chi connectivity index (χ3n) is 1.67. The zero-order chi connectivity index (χ0) is 9.84. The number of hydrogen-bond acceptors (Lipinski definition) is 4. The van der Waals surface area contributed by atoms with Gasteiger partial charge in [0.2, 0.25) is 0 Å². The molecule has 0 radical (unpaired) electrons. The first-order valence-corrected chi connectivity index (χ1v) is 3.81. The van der Waals surface area contributed by atoms with E-state index in [0.29, 0.717) is 5.56 Å². The third-order valence-corrected chi connectivity index (χ3v) is 1.67. The van der Waals surface area contributed by atoms with E-state index in [1.54, 1.807) is 6.07 Å². The highest BCUT2D eigenvalue weighted by Gasteiger charge is 2.15. The SMILES string of the molecule is C[C@@H](N=O)C(=O)c1cccc(O)c1. The molecule has 13 heavy (non-hydrogen) atoms. The summed E-state index contributed by atoms with van der Waals surface area (Å²) in [7, 11) is 0. The molecule has 68 valence electrons. The van der Waals surface area contributed by atoms with E-state index in [4.69, 9.17) is 5.11 Å². The van der Waals surface area contributed by atoms with Crippen LogP contribution >= 0.6 is 0 Å². The Hall–Kier alpha value is -1.71. The van der Waals surface area contributed by atoms with Gasteiger partial charge < -0.3 is 5.11 Å². The summed E-state index contributed by atoms with van der Waals surface area (Å²) in [5, 5.41) is 11.7. The van der Waals surface area contributed by atoms with Gasteiger partial charge >= 0.3 is 0 Å². The fourth-order valence-corrected chi connectivity index (χ4v) is 0.948. The van der Waals surface area contributed by atoms with Crippen LogP contribution in [0.4, 0.5) is 0 Å². The average molecular weight is 179 g/mol. The first kappa shape index (κ1) is 9.38. The van der Waals surface area contributed by atoms with Crippen molar-refractivity contribution in [2.75, 3.05) is 0 Å². The number of phenolic OH excluding ortho intramolecular Hbond substituents is 1. The summed E-state index contributed by atoms with van der Waals surface area (Å²) in [4.78, 5) is 21.4. The Morgan fingerprint density at radius 3 is 2.77 bits per heavy atom. The van der Waals surface area contributed by atoms with Crippen molar-refractivity contribution in [3.63, 3.8) is 0 Å². The van der Waals surface area contributed by atoms with Crippen LogP contribution in [0.5, 0.6) is 5.75 Å². The van der Waals surface area contributed by atoms with Crippen LogP contribution in [-0.4, -0.2) is 16.9 Å². The van der Waals surface area contributed by atoms with Gasteiger partial charge in [-0.15, -0.1) is 0 Å². The molecule has 0 aliphatic rings. The quantitative estimate of drug-likeness (QED) is 0.567. The van der Waals surface area contributed by atoms with E-state index >= 15 is 0 Å². The Balaban J connectivity index is 2.95. The summed E-state index contributed by atoms with van der Waals surface area (Å²) < 4.78 is 0. The molecular weight excluding hydrogens is 170 g/mol. The van der Waals surface area contributed by atoms with Crippen LogP contribution in [0.1, 0.15) is 17.3 Å². The van der Waals surface area contributed by atoms with Crippen molar-refractivity contribution in [1.29, 1.82) is 0 Å². The van der Waals surface area contributed by atoms with Crippen LogP contribution in [-0.2, 0) is 0 Å². The number of hydrogen-bond donors (Lipinski definition) is 1. The minimum atomic E-state index is -0.901. The van der Waals surface area contributed by atoms with Crippen molar-refractivity contribution >= 4 is 5.78 Å². The second kappa shape index (κ2) is 3.80. The molecule has 4 heteroatoms. The molecule has 1 aromatic rings. The molecule has 0 saturated heterocycles. The number of nitrogens with zero attached hydrogens (tertiary/aromatic N) is 1. The number of ketones is 1. The van der Waals surface area contributed by atoms with Crippen LogP contribution < -0.4 is 0 Å². The monoisotopic (exact) mass is 179 g/mol. The van der Waals surface area contributed by atoms with Crippen LogP contribution in [0.25, 0.3) is 0 Å². The van der Waals surface area contributed by atoms with E-state index in [9.17, 15) is 9.70 Å². The maximum atomic E-state index is 11.3. The molecule has 1 aromatic carbocycles. The van der Waals surface area contributed by atoms with Gasteiger partial charge in [0, 0.05) is 5.56 Å². The van der Waals surface area contributed by atoms with Gasteiger partial charge in [-0.3, -0.25) is 4.79 Å². The number of rotatable bonds is 3. The normalized spacial score (nSPS) is 12.1. The largest absolute Gasteiger partial charge is 0.508 e. The summed E-state index contributed by atoms with van der Waals surface area (Å²) in [6.07, 6.45) is 0. The third kappa shape index (κ3) is 2.11. The Morgan fingerprint density at radius 2 is 2.23 bits per heavy atom. The van der Waals surface area contributed by atoms with Crippen LogP contribution in [0.15, 0.2) is 29.4 Å². The lowest BCUT2D eigenvalue weighted by atomic mass is 10.1. The smallest absolute Gasteiger partial charge is 0.190 e. The number of phenols is 1. The second-order valence-corrected chi connectivity index (χ2v) is 2.70. The Kier molecular flexibility index (Phi) is 2.74. The molecule has 0 amide bonds. The van der Waals surface area contributed by atoms with E-state index in [-0.39, 0.29) is 11.5 Å². The molecule has 0 aliphatic heterocycles. The lowest BCUT2D eigenvalue weighted by Gasteiger charge is -2.01. The Bertz CT molecular complexity index is 335. The highest BCUT2D eigenvalue weighted by Crippen LogP contribution is 2.13. The van der Waals surface area contributed by atoms with Crippen molar-refractivity contribution in [3.05, 3.63) is 34.7 Å². The molecule has 0 bridgehead atoms. The highest BCUT2D eigenvalue weighted by molar-refractivity contribution is 6.00. The maximum Gasteiger partial charge on any atom is 0.190 e. The molecule has 1 atom stereocenters. The van der Waals surface area contributed by atoms with Crippen molar-refractivity contribution < 1.29 is 9.90 Å². The van der Waals surface area contributed by atoms with Gasteiger partial charge in [0.15, 0.2) is 11.8 Å². The molecule has 0 heterocycles. The van der Waals surface area contributed by atoms with E-state index in [1.165, 1.54) is 25.1 Å². The second-order valence-electron chi connectivity index (χ2n) is 2.70. The summed E-state index contributed by atoms with van der Waals surface area (Å²) in [6.45, 7) is 1.42. The van der Waals surface area contributed by atoms with Crippen molar-refractivity contribution in [1.82, 2.24) is 0 Å². The fourth-order valence-electron chi connectivity index (χ4n) is 0.948. The Labute approximate surface area is 75.2 Å². The van der Waals surface area contributed by atoms with Crippen LogP contribution in [0.3, 0.4) is 0 Å². The molecule has 4 nitrogen and oxygen atoms in total. The molecule has 0 saturated carbocycles. The number of carbonyl (C=O) groups is 1. The average Bonchev–Trinajstić information content (AvgIpc) is 2.15. The van der Waals surface area contributed by atoms with Crippen molar-refractivity contribution in [3.8, 4) is 5.75 Å². The van der Waals surface area contributed by atoms with Gasteiger partial charge in [-0.05, 0) is 19.1 Å². The van der Waals surface area contributed by atoms with E-state index in [1.807, 2.05) is 0 Å². The number of Topliss-reactive ketones (excluding diaryl/α,β-unsaturated/α-hetero) is 1. The summed E-state index contributed by atoms with van der Waals surface area (Å²) >= 11 is 0. The molecule has 0 unspecified atom stereocenters. The van der Waals surface area contributed by atoms with Gasteiger partial charge in [-0.25, -0.2) is 0 Å². The molecule has 0 aromatic heterocycles. The summed E-state index contributed by atoms with van der Waals surface area (Å²) in [5.41, 5.74) is 0.298. The zero-order valence-corrected chi connectivity index (χ0v) is 7.10. The number of nitroso groups, excluding NO2 is 1. The zero-order valence-electron chi connectivity index (χ0n) is 7.10. The molecular formula is C9H9NO3. The van der Waals surface area contributed by atoms with Gasteiger partial charge in [-0.2, -0.15) is 4.91 Å². The first-order valence-electron chi connectivity index (χ1n) is 3.81. The minimum Gasteiger partial charge on any atom is -0.508 e. The summed E-state index contributed by atoms with van der Waals surface area (Å²) in [6, 6.07) is 4.94. The lowest BCUT2D eigenvalue weighted by Crippen LogP contribution is -2.13. The maximum absolute atomic E-state index is 11.3. The predicted molar refractivity (Wildman–Crippen MR) is 47.7 cm³/mol. The van der Waals surface area contributed by atoms with Crippen LogP contribution in [0.2, 0.25) is 0 Å². The van der Waals surface area contributed by atoms with E-state index < -0.39 is 6.04 Å². The van der Waals surface area contributed by atoms with Gasteiger partial charge in [0.25, 0.3) is 0 Å². The van der Waals surface area contributed by atoms with Gasteiger partial charge in [0.05, 0.1) is 0 Å². The molecule has 1 N–H and O–H groups in total. The van der Waals surface area contributed by atoms with E-state index in [0.717, 1.165) is 0 Å². The standard InChI is InChI=1S/C9H9NO3/c1-6(10-13)9(12)7-3-2-4-8(11)5-7/h2-6,11H,1H3/t6-/m1/s1. The molecule has 0 aliphatic carbocycles. The number of aromatic hydroxyl groups is 1. The lowest BCUT2D eigenvalue weighted by molar-refractivity contribution is 0.0968. The molecule has 1 rings (SSSR count). The fraction of sp³-hybridized carbons (Fsp3) is 0.222. The summed E-state index contributed by atoms with van der Waals surface area (Å²) in [5.74, 6) is -0.380. The topological polar surface area (TPSA) is 66.7 Å². The van der Waals surface area contributed by atoms with Gasteiger partial charge in [0.1, 0.15) is 5.75 Å². The molecule has 0 fully saturated rings. The predicted octanol–water partition coefficient (Wildman–Crippen LogP) is 1.73. The Morgan fingerprint density at radius 1 is 1.54 bits per heavy atom. The van der Waals surface area contributed by atoms with Crippen molar-refractivity contribution in [2.45, 2.75) is 13.0 Å². The van der Waals surface area contributed by atoms with Gasteiger partial charge in [-0.1, -0.05) is 17.3 Å². The van der Waals surface area contributed by atoms with E-state index in [2.05, 4.69) is 5.18 Å². The minimum absolute atomic E-state index is 0.00366. The van der Waals surface area contributed by atoms with Crippen LogP contribution in [0, 0.1) is 4.91 Å². The highest BCUT2D eigenvalue weighted by atomic mass is 16.3.